The van der Waals surface area contributed by atoms with Crippen LogP contribution in [0.4, 0.5) is 17.3 Å². The van der Waals surface area contributed by atoms with Gasteiger partial charge in [-0.2, -0.15) is 0 Å². The summed E-state index contributed by atoms with van der Waals surface area (Å²) in [4.78, 5) is 13.4. The lowest BCUT2D eigenvalue weighted by Crippen LogP contribution is -2.36. The molecule has 10 aromatic carbocycles. The average Bonchev–Trinajstić information content (AvgIpc) is 4.09. The average molecular weight is 907 g/mol. The minimum Gasteiger partial charge on any atom is -0.456 e. The molecule has 1 unspecified atom stereocenters. The second-order valence-corrected chi connectivity index (χ2v) is 18.9. The Morgan fingerprint density at radius 2 is 1.01 bits per heavy atom. The maximum Gasteiger partial charge on any atom is 0.235 e. The molecular weight excluding hydrogens is 865 g/mol. The Hall–Kier alpha value is -9.32. The number of benzene rings is 10. The van der Waals surface area contributed by atoms with Crippen LogP contribution in [0.1, 0.15) is 27.8 Å². The van der Waals surface area contributed by atoms with E-state index in [4.69, 9.17) is 14.4 Å². The number of para-hydroxylation sites is 3. The number of aromatic nitrogens is 3. The van der Waals surface area contributed by atoms with Crippen LogP contribution < -0.4 is 4.90 Å². The molecule has 3 aromatic heterocycles. The first-order chi connectivity index (χ1) is 35.1. The van der Waals surface area contributed by atoms with E-state index >= 15 is 0 Å². The lowest BCUT2D eigenvalue weighted by Gasteiger charge is -2.44. The van der Waals surface area contributed by atoms with Crippen LogP contribution in [0.5, 0.6) is 0 Å². The van der Waals surface area contributed by atoms with Crippen LogP contribution in [0.2, 0.25) is 0 Å². The number of aryl methyl sites for hydroxylation is 1. The number of hydrogen-bond acceptors (Lipinski definition) is 4. The highest BCUT2D eigenvalue weighted by molar-refractivity contribution is 6.16. The third kappa shape index (κ3) is 5.69. The fraction of sp³-hybridized carbons (Fsp3) is 0.0303. The molecule has 0 saturated carbocycles. The monoisotopic (exact) mass is 906 g/mol. The molecular formula is C66H42N4O. The molecule has 332 valence electrons. The van der Waals surface area contributed by atoms with E-state index in [-0.39, 0.29) is 0 Å². The van der Waals surface area contributed by atoms with E-state index in [2.05, 4.69) is 253 Å². The number of anilines is 3. The topological polar surface area (TPSA) is 47.1 Å². The Bertz CT molecular complexity index is 4240. The van der Waals surface area contributed by atoms with Gasteiger partial charge >= 0.3 is 0 Å². The molecule has 5 heteroatoms. The molecule has 0 fully saturated rings. The summed E-state index contributed by atoms with van der Waals surface area (Å²) in [7, 11) is 0. The third-order valence-corrected chi connectivity index (χ3v) is 15.1. The second kappa shape index (κ2) is 15.1. The van der Waals surface area contributed by atoms with E-state index in [0.29, 0.717) is 5.95 Å². The van der Waals surface area contributed by atoms with E-state index in [9.17, 15) is 0 Å². The molecule has 1 aliphatic heterocycles. The van der Waals surface area contributed by atoms with Crippen molar-refractivity contribution in [2.24, 2.45) is 0 Å². The van der Waals surface area contributed by atoms with Crippen molar-refractivity contribution in [1.29, 1.82) is 0 Å². The van der Waals surface area contributed by atoms with Crippen molar-refractivity contribution in [2.45, 2.75) is 12.3 Å². The zero-order valence-electron chi connectivity index (χ0n) is 38.7. The van der Waals surface area contributed by atoms with Crippen LogP contribution in [0.3, 0.4) is 0 Å². The van der Waals surface area contributed by atoms with Gasteiger partial charge in [-0.15, -0.1) is 0 Å². The van der Waals surface area contributed by atoms with E-state index in [0.717, 1.165) is 78.2 Å². The van der Waals surface area contributed by atoms with Gasteiger partial charge in [-0.25, -0.2) is 9.97 Å². The Balaban J connectivity index is 1.03. The highest BCUT2D eigenvalue weighted by Crippen LogP contribution is 2.65. The van der Waals surface area contributed by atoms with Crippen molar-refractivity contribution in [3.63, 3.8) is 0 Å². The predicted molar refractivity (Wildman–Crippen MR) is 290 cm³/mol. The van der Waals surface area contributed by atoms with Gasteiger partial charge in [0.1, 0.15) is 11.2 Å². The summed E-state index contributed by atoms with van der Waals surface area (Å²) in [5, 5.41) is 4.68. The quantitative estimate of drug-likeness (QED) is 0.173. The summed E-state index contributed by atoms with van der Waals surface area (Å²) in [6, 6.07) is 85.5. The minimum atomic E-state index is -0.704. The Morgan fingerprint density at radius 3 is 1.80 bits per heavy atom. The summed E-state index contributed by atoms with van der Waals surface area (Å²) in [6.07, 6.45) is 0. The first-order valence-electron chi connectivity index (χ1n) is 24.3. The van der Waals surface area contributed by atoms with Gasteiger partial charge in [-0.05, 0) is 112 Å². The molecule has 5 nitrogen and oxygen atoms in total. The second-order valence-electron chi connectivity index (χ2n) is 18.9. The fourth-order valence-electron chi connectivity index (χ4n) is 12.0. The zero-order chi connectivity index (χ0) is 46.8. The normalized spacial score (nSPS) is 14.6. The Labute approximate surface area is 410 Å². The standard InChI is InChI=1S/C66H42N4O/c1-41-28-32-46(33-29-41)69-57-25-13-9-20-47(57)50-38-44(31-36-58(50)69)45-30-34-53-60(39-45)70(65-67-55(42-16-4-2-5-17-42)40-56(68-65)43-18-6-3-7-19-43)59-26-14-12-24-52(59)66(53)51-23-11-8-21-48(51)63-54(66)35-37-62-64(63)49-22-10-15-27-61(49)71-62/h2-40H,1H3. The van der Waals surface area contributed by atoms with Gasteiger partial charge in [0.2, 0.25) is 5.95 Å². The molecule has 13 aromatic rings. The molecule has 0 bridgehead atoms. The van der Waals surface area contributed by atoms with E-state index < -0.39 is 5.41 Å². The maximum atomic E-state index is 6.60. The first kappa shape index (κ1) is 39.7. The lowest BCUT2D eigenvalue weighted by atomic mass is 9.64. The van der Waals surface area contributed by atoms with E-state index in [1.54, 1.807) is 0 Å². The fourth-order valence-corrected chi connectivity index (χ4v) is 12.0. The smallest absolute Gasteiger partial charge is 0.235 e. The maximum absolute atomic E-state index is 6.60. The molecule has 2 aliphatic rings. The van der Waals surface area contributed by atoms with Crippen molar-refractivity contribution in [3.05, 3.63) is 264 Å². The minimum absolute atomic E-state index is 0.602. The molecule has 15 rings (SSSR count). The predicted octanol–water partition coefficient (Wildman–Crippen LogP) is 16.9. The Morgan fingerprint density at radius 1 is 0.408 bits per heavy atom. The number of rotatable bonds is 5. The molecule has 4 heterocycles. The van der Waals surface area contributed by atoms with Crippen molar-refractivity contribution in [1.82, 2.24) is 14.5 Å². The molecule has 71 heavy (non-hydrogen) atoms. The van der Waals surface area contributed by atoms with Gasteiger partial charge in [-0.3, -0.25) is 4.90 Å². The lowest BCUT2D eigenvalue weighted by molar-refractivity contribution is 0.668. The first-order valence-corrected chi connectivity index (χ1v) is 24.3. The van der Waals surface area contributed by atoms with Gasteiger partial charge in [-0.1, -0.05) is 181 Å². The van der Waals surface area contributed by atoms with E-state index in [1.165, 1.54) is 55.2 Å². The molecule has 1 aliphatic carbocycles. The highest BCUT2D eigenvalue weighted by Gasteiger charge is 2.53. The van der Waals surface area contributed by atoms with Crippen molar-refractivity contribution in [3.8, 4) is 50.5 Å². The van der Waals surface area contributed by atoms with Crippen LogP contribution in [0, 0.1) is 6.92 Å². The van der Waals surface area contributed by atoms with Crippen LogP contribution in [-0.4, -0.2) is 14.5 Å². The highest BCUT2D eigenvalue weighted by atomic mass is 16.3. The van der Waals surface area contributed by atoms with Crippen molar-refractivity contribution in [2.75, 3.05) is 4.90 Å². The number of hydrogen-bond donors (Lipinski definition) is 0. The van der Waals surface area contributed by atoms with Crippen molar-refractivity contribution >= 4 is 61.1 Å². The molecule has 0 amide bonds. The van der Waals surface area contributed by atoms with E-state index in [1.807, 2.05) is 0 Å². The Kier molecular flexibility index (Phi) is 8.43. The van der Waals surface area contributed by atoms with Crippen molar-refractivity contribution < 1.29 is 4.42 Å². The zero-order valence-corrected chi connectivity index (χ0v) is 38.7. The van der Waals surface area contributed by atoms with Gasteiger partial charge in [0.05, 0.1) is 39.2 Å². The molecule has 0 N–H and O–H groups in total. The molecule has 0 radical (unpaired) electrons. The van der Waals surface area contributed by atoms with Crippen LogP contribution in [0.15, 0.2) is 241 Å². The molecule has 1 spiro atoms. The number of furan rings is 1. The third-order valence-electron chi connectivity index (χ3n) is 15.1. The summed E-state index contributed by atoms with van der Waals surface area (Å²) >= 11 is 0. The van der Waals surface area contributed by atoms with Gasteiger partial charge < -0.3 is 8.98 Å². The SMILES string of the molecule is Cc1ccc(-n2c3ccccc3c3cc(-c4ccc5c(c4)N(c4nc(-c6ccccc6)cc(-c6ccccc6)n4)c4ccccc4C54c5ccccc5-c5c4ccc4oc6ccccc6c54)ccc32)cc1. The molecule has 0 saturated heterocycles. The number of nitrogens with zero attached hydrogens (tertiary/aromatic N) is 4. The van der Waals surface area contributed by atoms with Gasteiger partial charge in [0.25, 0.3) is 0 Å². The summed E-state index contributed by atoms with van der Waals surface area (Å²) in [5.41, 5.74) is 21.1. The van der Waals surface area contributed by atoms with Crippen LogP contribution >= 0.6 is 0 Å². The van der Waals surface area contributed by atoms with Gasteiger partial charge in [0.15, 0.2) is 0 Å². The van der Waals surface area contributed by atoms with Gasteiger partial charge in [0, 0.05) is 38.4 Å². The summed E-state index contributed by atoms with van der Waals surface area (Å²) in [6.45, 7) is 2.14. The number of fused-ring (bicyclic) bond motifs is 16. The largest absolute Gasteiger partial charge is 0.456 e. The van der Waals surface area contributed by atoms with Crippen LogP contribution in [0.25, 0.3) is 94.2 Å². The molecule has 1 atom stereocenters. The van der Waals surface area contributed by atoms with Crippen LogP contribution in [-0.2, 0) is 5.41 Å². The summed E-state index contributed by atoms with van der Waals surface area (Å²) in [5.74, 6) is 0.602. The summed E-state index contributed by atoms with van der Waals surface area (Å²) < 4.78 is 8.99.